The molecule has 10 nitrogen and oxygen atoms in total. The lowest BCUT2D eigenvalue weighted by molar-refractivity contribution is -0.385. The van der Waals surface area contributed by atoms with Crippen molar-refractivity contribution in [2.24, 2.45) is 0 Å². The molecule has 2 N–H and O–H groups in total. The molecular weight excluding hydrogens is 270 g/mol. The second kappa shape index (κ2) is 5.14. The van der Waals surface area contributed by atoms with Gasteiger partial charge in [-0.15, -0.1) is 0 Å². The fourth-order valence-electron chi connectivity index (χ4n) is 1.39. The van der Waals surface area contributed by atoms with E-state index in [0.29, 0.717) is 0 Å². The number of nitro groups is 2. The summed E-state index contributed by atoms with van der Waals surface area (Å²) in [5.41, 5.74) is 4.56. The number of rotatable bonds is 4. The molecule has 20 heavy (non-hydrogen) atoms. The summed E-state index contributed by atoms with van der Waals surface area (Å²) in [6.07, 6.45) is 0.995. The van der Waals surface area contributed by atoms with Crippen LogP contribution >= 0.6 is 0 Å². The van der Waals surface area contributed by atoms with E-state index >= 15 is 0 Å². The molecule has 1 aromatic heterocycles. The maximum absolute atomic E-state index is 10.9. The Morgan fingerprint density at radius 2 is 1.90 bits per heavy atom. The zero-order valence-electron chi connectivity index (χ0n) is 9.79. The predicted molar refractivity (Wildman–Crippen MR) is 66.3 cm³/mol. The van der Waals surface area contributed by atoms with Gasteiger partial charge in [0.2, 0.25) is 5.82 Å². The van der Waals surface area contributed by atoms with Gasteiger partial charge in [-0.25, -0.2) is 4.98 Å². The summed E-state index contributed by atoms with van der Waals surface area (Å²) in [4.78, 5) is 27.2. The van der Waals surface area contributed by atoms with Gasteiger partial charge in [0.25, 0.3) is 5.69 Å². The highest BCUT2D eigenvalue weighted by molar-refractivity contribution is 5.59. The van der Waals surface area contributed by atoms with E-state index in [2.05, 4.69) is 9.97 Å². The number of nitro benzene ring substituents is 1. The molecule has 0 unspecified atom stereocenters. The number of ether oxygens (including phenoxy) is 1. The highest BCUT2D eigenvalue weighted by Crippen LogP contribution is 2.33. The van der Waals surface area contributed by atoms with Crippen molar-refractivity contribution >= 4 is 17.2 Å². The Kier molecular flexibility index (Phi) is 3.37. The monoisotopic (exact) mass is 277 g/mol. The second-order valence-corrected chi connectivity index (χ2v) is 3.53. The van der Waals surface area contributed by atoms with E-state index in [1.807, 2.05) is 0 Å². The molecule has 102 valence electrons. The number of hydrogen-bond acceptors (Lipinski definition) is 8. The minimum absolute atomic E-state index is 0.0281. The number of hydrogen-bond donors (Lipinski definition) is 1. The third kappa shape index (κ3) is 2.58. The molecule has 0 spiro atoms. The van der Waals surface area contributed by atoms with Gasteiger partial charge in [-0.05, 0) is 6.07 Å². The topological polar surface area (TPSA) is 147 Å². The largest absolute Gasteiger partial charge is 0.433 e. The quantitative estimate of drug-likeness (QED) is 0.655. The number of aromatic nitrogens is 2. The summed E-state index contributed by atoms with van der Waals surface area (Å²) in [5, 5.41) is 21.5. The van der Waals surface area contributed by atoms with Crippen molar-refractivity contribution in [1.82, 2.24) is 9.97 Å². The van der Waals surface area contributed by atoms with Crippen molar-refractivity contribution in [3.63, 3.8) is 0 Å². The Morgan fingerprint density at radius 3 is 2.55 bits per heavy atom. The smallest absolute Gasteiger partial charge is 0.372 e. The van der Waals surface area contributed by atoms with Crippen molar-refractivity contribution in [1.29, 1.82) is 0 Å². The zero-order valence-corrected chi connectivity index (χ0v) is 9.79. The first-order chi connectivity index (χ1) is 9.49. The molecule has 0 aliphatic heterocycles. The van der Waals surface area contributed by atoms with Gasteiger partial charge in [0.05, 0.1) is 15.9 Å². The van der Waals surface area contributed by atoms with Crippen LogP contribution in [-0.4, -0.2) is 19.8 Å². The fourth-order valence-corrected chi connectivity index (χ4v) is 1.39. The first kappa shape index (κ1) is 13.1. The molecule has 0 aliphatic rings. The number of nitrogens with two attached hydrogens (primary N) is 1. The standard InChI is InChI=1S/C10H7N5O5/c11-9-8(15(18)19)10(13-5-12-9)20-7-3-1-2-6(4-7)14(16)17/h1-5H,(H2,11,12,13). The molecule has 0 saturated heterocycles. The van der Waals surface area contributed by atoms with Crippen LogP contribution in [0.25, 0.3) is 0 Å². The molecule has 0 atom stereocenters. The van der Waals surface area contributed by atoms with Crippen LogP contribution < -0.4 is 10.5 Å². The van der Waals surface area contributed by atoms with Crippen molar-refractivity contribution in [2.75, 3.05) is 5.73 Å². The first-order valence-electron chi connectivity index (χ1n) is 5.16. The van der Waals surface area contributed by atoms with Crippen LogP contribution in [0.4, 0.5) is 17.2 Å². The average Bonchev–Trinajstić information content (AvgIpc) is 2.38. The summed E-state index contributed by atoms with van der Waals surface area (Å²) in [7, 11) is 0. The van der Waals surface area contributed by atoms with E-state index in [0.717, 1.165) is 12.4 Å². The van der Waals surface area contributed by atoms with Gasteiger partial charge in [-0.2, -0.15) is 4.98 Å². The summed E-state index contributed by atoms with van der Waals surface area (Å²) < 4.78 is 5.17. The van der Waals surface area contributed by atoms with Crippen molar-refractivity contribution in [2.45, 2.75) is 0 Å². The molecule has 0 radical (unpaired) electrons. The lowest BCUT2D eigenvalue weighted by Gasteiger charge is -2.05. The van der Waals surface area contributed by atoms with Crippen LogP contribution in [0.2, 0.25) is 0 Å². The van der Waals surface area contributed by atoms with Gasteiger partial charge >= 0.3 is 11.6 Å². The highest BCUT2D eigenvalue weighted by atomic mass is 16.6. The minimum atomic E-state index is -0.790. The Bertz CT molecular complexity index is 689. The third-order valence-electron chi connectivity index (χ3n) is 2.24. The molecule has 2 aromatic rings. The molecule has 1 aromatic carbocycles. The van der Waals surface area contributed by atoms with E-state index in [-0.39, 0.29) is 23.1 Å². The zero-order chi connectivity index (χ0) is 14.7. The van der Waals surface area contributed by atoms with Gasteiger partial charge in [0.1, 0.15) is 12.1 Å². The molecule has 1 heterocycles. The lowest BCUT2D eigenvalue weighted by Crippen LogP contribution is -2.02. The maximum atomic E-state index is 10.9. The van der Waals surface area contributed by atoms with Crippen LogP contribution in [-0.2, 0) is 0 Å². The Labute approximate surface area is 111 Å². The number of benzene rings is 1. The number of nitrogen functional groups attached to an aromatic ring is 1. The molecule has 2 rings (SSSR count). The Balaban J connectivity index is 2.40. The fraction of sp³-hybridized carbons (Fsp3) is 0. The van der Waals surface area contributed by atoms with Crippen LogP contribution in [0.3, 0.4) is 0 Å². The number of non-ortho nitro benzene ring substituents is 1. The minimum Gasteiger partial charge on any atom is -0.433 e. The van der Waals surface area contributed by atoms with Crippen LogP contribution in [0.15, 0.2) is 30.6 Å². The molecule has 0 amide bonds. The molecule has 0 bridgehead atoms. The molecule has 0 aliphatic carbocycles. The van der Waals surface area contributed by atoms with E-state index in [1.165, 1.54) is 18.2 Å². The van der Waals surface area contributed by atoms with Crippen LogP contribution in [0.1, 0.15) is 0 Å². The normalized spacial score (nSPS) is 10.0. The first-order valence-corrected chi connectivity index (χ1v) is 5.16. The Morgan fingerprint density at radius 1 is 1.15 bits per heavy atom. The summed E-state index contributed by atoms with van der Waals surface area (Å²) >= 11 is 0. The van der Waals surface area contributed by atoms with Crippen LogP contribution in [0, 0.1) is 20.2 Å². The lowest BCUT2D eigenvalue weighted by atomic mass is 10.3. The molecule has 0 fully saturated rings. The molecular formula is C10H7N5O5. The maximum Gasteiger partial charge on any atom is 0.372 e. The highest BCUT2D eigenvalue weighted by Gasteiger charge is 2.23. The van der Waals surface area contributed by atoms with Crippen molar-refractivity contribution in [3.05, 3.63) is 50.8 Å². The third-order valence-corrected chi connectivity index (χ3v) is 2.24. The van der Waals surface area contributed by atoms with E-state index in [9.17, 15) is 20.2 Å². The van der Waals surface area contributed by atoms with Crippen molar-refractivity contribution in [3.8, 4) is 11.6 Å². The van der Waals surface area contributed by atoms with Gasteiger partial charge in [0, 0.05) is 6.07 Å². The summed E-state index contributed by atoms with van der Waals surface area (Å²) in [5.74, 6) is -0.714. The van der Waals surface area contributed by atoms with E-state index in [4.69, 9.17) is 10.5 Å². The SMILES string of the molecule is Nc1ncnc(Oc2cccc([N+](=O)[O-])c2)c1[N+](=O)[O-]. The second-order valence-electron chi connectivity index (χ2n) is 3.53. The number of nitrogens with zero attached hydrogens (tertiary/aromatic N) is 4. The molecule has 0 saturated carbocycles. The van der Waals surface area contributed by atoms with E-state index in [1.54, 1.807) is 0 Å². The van der Waals surface area contributed by atoms with Gasteiger partial charge < -0.3 is 10.5 Å². The van der Waals surface area contributed by atoms with E-state index < -0.39 is 15.5 Å². The molecule has 10 heteroatoms. The summed E-state index contributed by atoms with van der Waals surface area (Å²) in [6, 6.07) is 5.15. The average molecular weight is 277 g/mol. The number of anilines is 1. The van der Waals surface area contributed by atoms with Gasteiger partial charge in [0.15, 0.2) is 0 Å². The van der Waals surface area contributed by atoms with Crippen molar-refractivity contribution < 1.29 is 14.6 Å². The predicted octanol–water partition coefficient (Wildman–Crippen LogP) is 1.67. The van der Waals surface area contributed by atoms with Gasteiger partial charge in [-0.1, -0.05) is 6.07 Å². The summed E-state index contributed by atoms with van der Waals surface area (Å²) in [6.45, 7) is 0. The van der Waals surface area contributed by atoms with Crippen LogP contribution in [0.5, 0.6) is 11.6 Å². The van der Waals surface area contributed by atoms with Gasteiger partial charge in [-0.3, -0.25) is 20.2 Å². The Hall–Kier alpha value is -3.30.